The Hall–Kier alpha value is -1.27. The SMILES string of the molecule is CC(C)S(=O)(=O)Nc1cc2c(cc1Cl)NC(=O)C2. The molecule has 0 aromatic heterocycles. The predicted molar refractivity (Wildman–Crippen MR) is 71.5 cm³/mol. The highest BCUT2D eigenvalue weighted by molar-refractivity contribution is 7.93. The molecule has 1 aromatic rings. The second-order valence-electron chi connectivity index (χ2n) is 4.41. The summed E-state index contributed by atoms with van der Waals surface area (Å²) >= 11 is 5.99. The molecule has 5 nitrogen and oxygen atoms in total. The van der Waals surface area contributed by atoms with Crippen molar-refractivity contribution in [3.63, 3.8) is 0 Å². The zero-order valence-corrected chi connectivity index (χ0v) is 11.5. The minimum atomic E-state index is -3.44. The summed E-state index contributed by atoms with van der Waals surface area (Å²) in [6.07, 6.45) is 0.239. The third-order valence-corrected chi connectivity index (χ3v) is 4.75. The average molecular weight is 289 g/mol. The molecule has 1 aromatic carbocycles. The van der Waals surface area contributed by atoms with Crippen LogP contribution < -0.4 is 10.0 Å². The minimum Gasteiger partial charge on any atom is -0.325 e. The monoisotopic (exact) mass is 288 g/mol. The largest absolute Gasteiger partial charge is 0.325 e. The Morgan fingerprint density at radius 3 is 2.67 bits per heavy atom. The summed E-state index contributed by atoms with van der Waals surface area (Å²) in [5, 5.41) is 2.36. The van der Waals surface area contributed by atoms with Crippen LogP contribution in [-0.4, -0.2) is 19.6 Å². The van der Waals surface area contributed by atoms with Gasteiger partial charge in [0.2, 0.25) is 15.9 Å². The molecule has 0 saturated heterocycles. The van der Waals surface area contributed by atoms with Gasteiger partial charge in [0.15, 0.2) is 0 Å². The van der Waals surface area contributed by atoms with Crippen LogP contribution in [0, 0.1) is 0 Å². The maximum absolute atomic E-state index is 11.8. The Morgan fingerprint density at radius 2 is 2.06 bits per heavy atom. The van der Waals surface area contributed by atoms with Gasteiger partial charge in [-0.2, -0.15) is 0 Å². The lowest BCUT2D eigenvalue weighted by Gasteiger charge is -2.13. The smallest absolute Gasteiger partial charge is 0.235 e. The molecule has 0 fully saturated rings. The van der Waals surface area contributed by atoms with Gasteiger partial charge in [-0.15, -0.1) is 0 Å². The Labute approximate surface area is 111 Å². The first-order chi connectivity index (χ1) is 8.29. The molecule has 0 radical (unpaired) electrons. The first kappa shape index (κ1) is 13.2. The van der Waals surface area contributed by atoms with Crippen molar-refractivity contribution in [3.8, 4) is 0 Å². The van der Waals surface area contributed by atoms with Crippen molar-refractivity contribution in [1.82, 2.24) is 0 Å². The fourth-order valence-corrected chi connectivity index (χ4v) is 2.58. The van der Waals surface area contributed by atoms with Gasteiger partial charge in [-0.25, -0.2) is 8.42 Å². The molecule has 2 N–H and O–H groups in total. The van der Waals surface area contributed by atoms with Crippen LogP contribution in [0.1, 0.15) is 19.4 Å². The van der Waals surface area contributed by atoms with E-state index in [0.717, 1.165) is 5.56 Å². The molecule has 2 rings (SSSR count). The van der Waals surface area contributed by atoms with E-state index in [1.807, 2.05) is 0 Å². The van der Waals surface area contributed by atoms with E-state index < -0.39 is 15.3 Å². The van der Waals surface area contributed by atoms with Gasteiger partial charge in [0, 0.05) is 5.69 Å². The fourth-order valence-electron chi connectivity index (χ4n) is 1.60. The summed E-state index contributed by atoms with van der Waals surface area (Å²) in [4.78, 5) is 11.2. The molecule has 1 aliphatic rings. The van der Waals surface area contributed by atoms with Crippen LogP contribution in [0.15, 0.2) is 12.1 Å². The number of amides is 1. The summed E-state index contributed by atoms with van der Waals surface area (Å²) < 4.78 is 26.0. The molecule has 98 valence electrons. The van der Waals surface area contributed by atoms with Crippen molar-refractivity contribution in [1.29, 1.82) is 0 Å². The standard InChI is InChI=1S/C11H13ClN2O3S/c1-6(2)18(16,17)14-10-3-7-4-11(15)13-9(7)5-8(10)12/h3,5-6,14H,4H2,1-2H3,(H,13,15). The number of benzene rings is 1. The summed E-state index contributed by atoms with van der Waals surface area (Å²) in [5.41, 5.74) is 1.68. The van der Waals surface area contributed by atoms with Crippen LogP contribution in [0.3, 0.4) is 0 Å². The number of anilines is 2. The highest BCUT2D eigenvalue weighted by Gasteiger charge is 2.22. The normalized spacial score (nSPS) is 14.6. The lowest BCUT2D eigenvalue weighted by atomic mass is 10.1. The third kappa shape index (κ3) is 2.44. The molecule has 1 amide bonds. The van der Waals surface area contributed by atoms with E-state index in [1.165, 1.54) is 0 Å². The molecule has 0 saturated carbocycles. The van der Waals surface area contributed by atoms with Crippen molar-refractivity contribution in [2.24, 2.45) is 0 Å². The van der Waals surface area contributed by atoms with Gasteiger partial charge >= 0.3 is 0 Å². The predicted octanol–water partition coefficient (Wildman–Crippen LogP) is 1.98. The summed E-state index contributed by atoms with van der Waals surface area (Å²) in [6.45, 7) is 3.16. The Bertz CT molecular complexity index is 611. The minimum absolute atomic E-state index is 0.120. The molecule has 7 heteroatoms. The van der Waals surface area contributed by atoms with Crippen LogP contribution in [0.5, 0.6) is 0 Å². The Kier molecular flexibility index (Phi) is 3.25. The van der Waals surface area contributed by atoms with Crippen LogP contribution in [0.25, 0.3) is 0 Å². The summed E-state index contributed by atoms with van der Waals surface area (Å²) in [6, 6.07) is 3.15. The van der Waals surface area contributed by atoms with Crippen LogP contribution >= 0.6 is 11.6 Å². The van der Waals surface area contributed by atoms with E-state index in [-0.39, 0.29) is 17.4 Å². The molecule has 0 atom stereocenters. The number of hydrogen-bond acceptors (Lipinski definition) is 3. The van der Waals surface area contributed by atoms with Crippen LogP contribution in [0.4, 0.5) is 11.4 Å². The number of fused-ring (bicyclic) bond motifs is 1. The van der Waals surface area contributed by atoms with Gasteiger partial charge in [0.25, 0.3) is 0 Å². The summed E-state index contributed by atoms with van der Waals surface area (Å²) in [5.74, 6) is -0.120. The fraction of sp³-hybridized carbons (Fsp3) is 0.364. The topological polar surface area (TPSA) is 75.3 Å². The van der Waals surface area contributed by atoms with Crippen LogP contribution in [-0.2, 0) is 21.2 Å². The van der Waals surface area contributed by atoms with Gasteiger partial charge in [-0.3, -0.25) is 9.52 Å². The van der Waals surface area contributed by atoms with Crippen molar-refractivity contribution < 1.29 is 13.2 Å². The van der Waals surface area contributed by atoms with E-state index in [0.29, 0.717) is 11.4 Å². The molecular weight excluding hydrogens is 276 g/mol. The van der Waals surface area contributed by atoms with Crippen molar-refractivity contribution in [2.45, 2.75) is 25.5 Å². The Balaban J connectivity index is 2.37. The summed E-state index contributed by atoms with van der Waals surface area (Å²) in [7, 11) is -3.44. The number of rotatable bonds is 3. The van der Waals surface area contributed by atoms with E-state index >= 15 is 0 Å². The molecule has 0 aliphatic carbocycles. The highest BCUT2D eigenvalue weighted by Crippen LogP contribution is 2.33. The molecule has 1 aliphatic heterocycles. The molecule has 1 heterocycles. The lowest BCUT2D eigenvalue weighted by molar-refractivity contribution is -0.115. The number of nitrogens with one attached hydrogen (secondary N) is 2. The molecule has 18 heavy (non-hydrogen) atoms. The second kappa shape index (κ2) is 4.44. The van der Waals surface area contributed by atoms with E-state index in [4.69, 9.17) is 11.6 Å². The first-order valence-electron chi connectivity index (χ1n) is 5.43. The van der Waals surface area contributed by atoms with Gasteiger partial charge in [-0.1, -0.05) is 11.6 Å². The average Bonchev–Trinajstić information content (AvgIpc) is 2.57. The van der Waals surface area contributed by atoms with E-state index in [9.17, 15) is 13.2 Å². The quantitative estimate of drug-likeness (QED) is 0.893. The maximum Gasteiger partial charge on any atom is 0.235 e. The van der Waals surface area contributed by atoms with Crippen LogP contribution in [0.2, 0.25) is 5.02 Å². The van der Waals surface area contributed by atoms with Gasteiger partial charge < -0.3 is 5.32 Å². The number of sulfonamides is 1. The maximum atomic E-state index is 11.8. The molecular formula is C11H13ClN2O3S. The number of hydrogen-bond donors (Lipinski definition) is 2. The van der Waals surface area contributed by atoms with E-state index in [1.54, 1.807) is 26.0 Å². The highest BCUT2D eigenvalue weighted by atomic mass is 35.5. The molecule has 0 unspecified atom stereocenters. The van der Waals surface area contributed by atoms with E-state index in [2.05, 4.69) is 10.0 Å². The van der Waals surface area contributed by atoms with Gasteiger partial charge in [0.05, 0.1) is 22.4 Å². The zero-order chi connectivity index (χ0) is 13.5. The lowest BCUT2D eigenvalue weighted by Crippen LogP contribution is -2.22. The number of halogens is 1. The van der Waals surface area contributed by atoms with Gasteiger partial charge in [-0.05, 0) is 31.5 Å². The second-order valence-corrected chi connectivity index (χ2v) is 7.05. The zero-order valence-electron chi connectivity index (χ0n) is 9.95. The number of carbonyl (C=O) groups excluding carboxylic acids is 1. The van der Waals surface area contributed by atoms with Gasteiger partial charge in [0.1, 0.15) is 0 Å². The first-order valence-corrected chi connectivity index (χ1v) is 7.36. The van der Waals surface area contributed by atoms with Crippen molar-refractivity contribution in [2.75, 3.05) is 10.0 Å². The molecule has 0 spiro atoms. The van der Waals surface area contributed by atoms with Crippen molar-refractivity contribution >= 4 is 38.9 Å². The third-order valence-electron chi connectivity index (χ3n) is 2.69. The number of carbonyl (C=O) groups is 1. The Morgan fingerprint density at radius 1 is 1.39 bits per heavy atom. The molecule has 0 bridgehead atoms. The van der Waals surface area contributed by atoms with Crippen molar-refractivity contribution in [3.05, 3.63) is 22.7 Å².